The second-order valence-electron chi connectivity index (χ2n) is 4.41. The van der Waals surface area contributed by atoms with Crippen LogP contribution in [0, 0.1) is 5.92 Å². The van der Waals surface area contributed by atoms with Crippen LogP contribution >= 0.6 is 0 Å². The van der Waals surface area contributed by atoms with E-state index in [1.54, 1.807) is 14.2 Å². The Kier molecular flexibility index (Phi) is 2.90. The third-order valence-electron chi connectivity index (χ3n) is 3.17. The van der Waals surface area contributed by atoms with E-state index in [1.807, 2.05) is 12.1 Å². The molecule has 86 valence electrons. The lowest BCUT2D eigenvalue weighted by molar-refractivity contribution is 0.399. The maximum absolute atomic E-state index is 5.40. The Balaban J connectivity index is 2.49. The van der Waals surface area contributed by atoms with Crippen molar-refractivity contribution in [1.29, 1.82) is 0 Å². The van der Waals surface area contributed by atoms with Crippen LogP contribution < -0.4 is 9.47 Å². The molecule has 0 atom stereocenters. The molecular weight excluding hydrogens is 200 g/mol. The third-order valence-corrected chi connectivity index (χ3v) is 3.17. The lowest BCUT2D eigenvalue weighted by atomic mass is 10.0. The highest BCUT2D eigenvalue weighted by molar-refractivity contribution is 5.72. The summed E-state index contributed by atoms with van der Waals surface area (Å²) in [5.74, 6) is 2.47. The first-order valence-electron chi connectivity index (χ1n) is 5.61. The Morgan fingerprint density at radius 3 is 2.25 bits per heavy atom. The zero-order valence-corrected chi connectivity index (χ0v) is 10.3. The SMILES string of the molecule is COc1ccc(OC)c2c1C=C(C(C)C)C2. The Morgan fingerprint density at radius 1 is 1.06 bits per heavy atom. The molecule has 1 aliphatic carbocycles. The number of fused-ring (bicyclic) bond motifs is 1. The van der Waals surface area contributed by atoms with Crippen LogP contribution in [0.15, 0.2) is 17.7 Å². The number of methoxy groups -OCH3 is 2. The van der Waals surface area contributed by atoms with Gasteiger partial charge in [-0.3, -0.25) is 0 Å². The molecule has 0 aromatic heterocycles. The van der Waals surface area contributed by atoms with Gasteiger partial charge in [0.05, 0.1) is 14.2 Å². The number of ether oxygens (including phenoxy) is 2. The summed E-state index contributed by atoms with van der Waals surface area (Å²) in [6.07, 6.45) is 3.22. The Bertz CT molecular complexity index is 431. The lowest BCUT2D eigenvalue weighted by Crippen LogP contribution is -1.96. The van der Waals surface area contributed by atoms with E-state index in [4.69, 9.17) is 9.47 Å². The second kappa shape index (κ2) is 4.20. The first-order chi connectivity index (χ1) is 7.67. The minimum Gasteiger partial charge on any atom is -0.496 e. The molecule has 0 spiro atoms. The number of allylic oxidation sites excluding steroid dienone is 1. The molecule has 0 radical (unpaired) electrons. The highest BCUT2D eigenvalue weighted by Gasteiger charge is 2.21. The smallest absolute Gasteiger partial charge is 0.126 e. The molecule has 0 amide bonds. The molecule has 2 nitrogen and oxygen atoms in total. The highest BCUT2D eigenvalue weighted by Crippen LogP contribution is 2.40. The van der Waals surface area contributed by atoms with Crippen molar-refractivity contribution < 1.29 is 9.47 Å². The maximum atomic E-state index is 5.40. The van der Waals surface area contributed by atoms with Gasteiger partial charge >= 0.3 is 0 Å². The molecule has 0 heterocycles. The fraction of sp³-hybridized carbons (Fsp3) is 0.429. The summed E-state index contributed by atoms with van der Waals surface area (Å²) < 4.78 is 10.8. The molecule has 0 bridgehead atoms. The molecule has 2 rings (SSSR count). The van der Waals surface area contributed by atoms with Crippen molar-refractivity contribution in [1.82, 2.24) is 0 Å². The van der Waals surface area contributed by atoms with Gasteiger partial charge in [0.1, 0.15) is 11.5 Å². The summed E-state index contributed by atoms with van der Waals surface area (Å²) in [6, 6.07) is 3.95. The van der Waals surface area contributed by atoms with Crippen molar-refractivity contribution in [3.63, 3.8) is 0 Å². The van der Waals surface area contributed by atoms with Gasteiger partial charge in [-0.15, -0.1) is 0 Å². The molecule has 0 fully saturated rings. The molecule has 0 saturated heterocycles. The van der Waals surface area contributed by atoms with Gasteiger partial charge in [-0.25, -0.2) is 0 Å². The van der Waals surface area contributed by atoms with Crippen molar-refractivity contribution in [2.45, 2.75) is 20.3 Å². The number of benzene rings is 1. The standard InChI is InChI=1S/C14H18O2/c1-9(2)10-7-11-12(8-10)14(16-4)6-5-13(11)15-3/h5-7,9H,8H2,1-4H3. The number of hydrogen-bond donors (Lipinski definition) is 0. The Labute approximate surface area is 96.9 Å². The fourth-order valence-corrected chi connectivity index (χ4v) is 2.14. The van der Waals surface area contributed by atoms with Crippen LogP contribution in [0.3, 0.4) is 0 Å². The highest BCUT2D eigenvalue weighted by atomic mass is 16.5. The molecule has 1 aromatic rings. The second-order valence-corrected chi connectivity index (χ2v) is 4.41. The van der Waals surface area contributed by atoms with Crippen LogP contribution in [-0.2, 0) is 6.42 Å². The van der Waals surface area contributed by atoms with E-state index in [1.165, 1.54) is 16.7 Å². The predicted molar refractivity (Wildman–Crippen MR) is 66.1 cm³/mol. The van der Waals surface area contributed by atoms with E-state index in [0.717, 1.165) is 17.9 Å². The zero-order valence-electron chi connectivity index (χ0n) is 10.3. The van der Waals surface area contributed by atoms with Gasteiger partial charge < -0.3 is 9.47 Å². The number of hydrogen-bond acceptors (Lipinski definition) is 2. The third kappa shape index (κ3) is 1.69. The van der Waals surface area contributed by atoms with Gasteiger partial charge in [0.2, 0.25) is 0 Å². The van der Waals surface area contributed by atoms with Crippen molar-refractivity contribution in [3.8, 4) is 11.5 Å². The van der Waals surface area contributed by atoms with Crippen LogP contribution in [0.2, 0.25) is 0 Å². The van der Waals surface area contributed by atoms with Gasteiger partial charge in [0.15, 0.2) is 0 Å². The first kappa shape index (κ1) is 11.1. The Hall–Kier alpha value is -1.44. The topological polar surface area (TPSA) is 18.5 Å². The molecule has 0 N–H and O–H groups in total. The normalized spacial score (nSPS) is 13.7. The maximum Gasteiger partial charge on any atom is 0.126 e. The Morgan fingerprint density at radius 2 is 1.69 bits per heavy atom. The van der Waals surface area contributed by atoms with Crippen LogP contribution in [-0.4, -0.2) is 14.2 Å². The van der Waals surface area contributed by atoms with Gasteiger partial charge in [0, 0.05) is 11.1 Å². The summed E-state index contributed by atoms with van der Waals surface area (Å²) in [5, 5.41) is 0. The van der Waals surface area contributed by atoms with Crippen molar-refractivity contribution in [3.05, 3.63) is 28.8 Å². The lowest BCUT2D eigenvalue weighted by Gasteiger charge is -2.11. The van der Waals surface area contributed by atoms with Crippen LogP contribution in [0.4, 0.5) is 0 Å². The van der Waals surface area contributed by atoms with Crippen molar-refractivity contribution >= 4 is 6.08 Å². The van der Waals surface area contributed by atoms with Crippen LogP contribution in [0.25, 0.3) is 6.08 Å². The van der Waals surface area contributed by atoms with Gasteiger partial charge in [-0.1, -0.05) is 25.5 Å². The summed E-state index contributed by atoms with van der Waals surface area (Å²) in [6.45, 7) is 4.44. The minimum absolute atomic E-state index is 0.571. The molecule has 2 heteroatoms. The summed E-state index contributed by atoms with van der Waals surface area (Å²) in [7, 11) is 3.43. The zero-order chi connectivity index (χ0) is 11.7. The van der Waals surface area contributed by atoms with E-state index < -0.39 is 0 Å². The van der Waals surface area contributed by atoms with Crippen molar-refractivity contribution in [2.24, 2.45) is 5.92 Å². The molecule has 0 unspecified atom stereocenters. The summed E-state index contributed by atoms with van der Waals surface area (Å²) >= 11 is 0. The summed E-state index contributed by atoms with van der Waals surface area (Å²) in [5.41, 5.74) is 3.88. The monoisotopic (exact) mass is 218 g/mol. The van der Waals surface area contributed by atoms with E-state index >= 15 is 0 Å². The van der Waals surface area contributed by atoms with E-state index in [-0.39, 0.29) is 0 Å². The molecule has 1 aromatic carbocycles. The summed E-state index contributed by atoms with van der Waals surface area (Å²) in [4.78, 5) is 0. The quantitative estimate of drug-likeness (QED) is 0.775. The molecular formula is C14H18O2. The molecule has 0 aliphatic heterocycles. The first-order valence-corrected chi connectivity index (χ1v) is 5.61. The molecule has 0 saturated carbocycles. The average molecular weight is 218 g/mol. The fourth-order valence-electron chi connectivity index (χ4n) is 2.14. The van der Waals surface area contributed by atoms with E-state index in [2.05, 4.69) is 19.9 Å². The minimum atomic E-state index is 0.571. The molecule has 1 aliphatic rings. The largest absolute Gasteiger partial charge is 0.496 e. The average Bonchev–Trinajstić information content (AvgIpc) is 2.72. The van der Waals surface area contributed by atoms with E-state index in [9.17, 15) is 0 Å². The van der Waals surface area contributed by atoms with Crippen LogP contribution in [0.1, 0.15) is 25.0 Å². The van der Waals surface area contributed by atoms with Crippen LogP contribution in [0.5, 0.6) is 11.5 Å². The van der Waals surface area contributed by atoms with Crippen molar-refractivity contribution in [2.75, 3.05) is 14.2 Å². The molecule has 16 heavy (non-hydrogen) atoms. The van der Waals surface area contributed by atoms with Gasteiger partial charge in [-0.2, -0.15) is 0 Å². The predicted octanol–water partition coefficient (Wildman–Crippen LogP) is 3.30. The van der Waals surface area contributed by atoms with Gasteiger partial charge in [-0.05, 0) is 24.5 Å². The van der Waals surface area contributed by atoms with E-state index in [0.29, 0.717) is 5.92 Å². The van der Waals surface area contributed by atoms with Gasteiger partial charge in [0.25, 0.3) is 0 Å². The number of rotatable bonds is 3.